The number of amides is 2. The van der Waals surface area contributed by atoms with Crippen LogP contribution in [0, 0.1) is 0 Å². The average molecular weight is 422 g/mol. The lowest BCUT2D eigenvalue weighted by Crippen LogP contribution is -2.19. The van der Waals surface area contributed by atoms with Crippen molar-refractivity contribution in [2.45, 2.75) is 0 Å². The van der Waals surface area contributed by atoms with Gasteiger partial charge in [0.1, 0.15) is 11.5 Å². The van der Waals surface area contributed by atoms with Gasteiger partial charge in [0.2, 0.25) is 10.0 Å². The van der Waals surface area contributed by atoms with E-state index in [0.717, 1.165) is 11.0 Å². The fraction of sp³-hybridized carbons (Fsp3) is 0.176. The van der Waals surface area contributed by atoms with E-state index in [1.165, 1.54) is 25.6 Å². The predicted octanol–water partition coefficient (Wildman–Crippen LogP) is 3.33. The first kappa shape index (κ1) is 19.7. The molecule has 2 amide bonds. The van der Waals surface area contributed by atoms with Gasteiger partial charge in [-0.25, -0.2) is 18.2 Å². The number of nitrogens with zero attached hydrogens (tertiary/aromatic N) is 1. The first-order chi connectivity index (χ1) is 13.3. The first-order valence-electron chi connectivity index (χ1n) is 7.95. The number of sulfonamides is 1. The van der Waals surface area contributed by atoms with E-state index in [-0.39, 0.29) is 5.13 Å². The van der Waals surface area contributed by atoms with Gasteiger partial charge in [-0.05, 0) is 18.2 Å². The Morgan fingerprint density at radius 1 is 1.00 bits per heavy atom. The molecule has 0 aliphatic rings. The molecule has 0 bridgehead atoms. The van der Waals surface area contributed by atoms with Crippen LogP contribution in [0.25, 0.3) is 10.2 Å². The second-order valence-electron chi connectivity index (χ2n) is 5.76. The zero-order valence-electron chi connectivity index (χ0n) is 15.3. The molecular formula is C17H18N4O5S2. The Morgan fingerprint density at radius 3 is 2.25 bits per heavy atom. The summed E-state index contributed by atoms with van der Waals surface area (Å²) in [6, 6.07) is 9.68. The first-order valence-corrected chi connectivity index (χ1v) is 10.7. The molecule has 11 heteroatoms. The maximum Gasteiger partial charge on any atom is 0.323 e. The van der Waals surface area contributed by atoms with Crippen LogP contribution in [0.15, 0.2) is 36.4 Å². The van der Waals surface area contributed by atoms with Gasteiger partial charge in [-0.2, -0.15) is 0 Å². The van der Waals surface area contributed by atoms with Gasteiger partial charge in [-0.15, -0.1) is 0 Å². The molecule has 0 atom stereocenters. The van der Waals surface area contributed by atoms with Crippen LogP contribution in [0.2, 0.25) is 0 Å². The van der Waals surface area contributed by atoms with Crippen LogP contribution < -0.4 is 24.8 Å². The molecule has 0 spiro atoms. The van der Waals surface area contributed by atoms with Gasteiger partial charge in [-0.3, -0.25) is 4.72 Å². The maximum absolute atomic E-state index is 12.3. The second kappa shape index (κ2) is 7.90. The van der Waals surface area contributed by atoms with Crippen LogP contribution in [-0.2, 0) is 10.0 Å². The number of methoxy groups -OCH3 is 2. The van der Waals surface area contributed by atoms with E-state index in [2.05, 4.69) is 20.3 Å². The fourth-order valence-corrected chi connectivity index (χ4v) is 4.06. The normalized spacial score (nSPS) is 11.1. The van der Waals surface area contributed by atoms with E-state index in [1.807, 2.05) is 0 Å². The van der Waals surface area contributed by atoms with Crippen molar-refractivity contribution in [3.05, 3.63) is 36.4 Å². The molecule has 3 N–H and O–H groups in total. The molecule has 148 valence electrons. The molecule has 0 fully saturated rings. The molecule has 0 saturated carbocycles. The molecule has 1 aromatic heterocycles. The van der Waals surface area contributed by atoms with Crippen molar-refractivity contribution in [1.29, 1.82) is 0 Å². The van der Waals surface area contributed by atoms with Gasteiger partial charge >= 0.3 is 6.03 Å². The number of aromatic nitrogens is 1. The molecular weight excluding hydrogens is 404 g/mol. The van der Waals surface area contributed by atoms with Crippen molar-refractivity contribution in [3.8, 4) is 11.5 Å². The molecule has 3 aromatic rings. The number of hydrogen-bond donors (Lipinski definition) is 3. The molecule has 0 aliphatic heterocycles. The minimum atomic E-state index is -3.40. The summed E-state index contributed by atoms with van der Waals surface area (Å²) in [5.41, 5.74) is 1.58. The topological polar surface area (TPSA) is 119 Å². The van der Waals surface area contributed by atoms with E-state index in [1.54, 1.807) is 36.4 Å². The van der Waals surface area contributed by atoms with Crippen molar-refractivity contribution in [3.63, 3.8) is 0 Å². The zero-order valence-corrected chi connectivity index (χ0v) is 16.9. The summed E-state index contributed by atoms with van der Waals surface area (Å²) in [7, 11) is -0.358. The Hall–Kier alpha value is -3.05. The van der Waals surface area contributed by atoms with Crippen LogP contribution in [0.3, 0.4) is 0 Å². The molecule has 0 saturated heterocycles. The molecule has 2 aromatic carbocycles. The minimum absolute atomic E-state index is 0.266. The Bertz CT molecular complexity index is 1110. The zero-order chi connectivity index (χ0) is 20.3. The molecule has 0 aliphatic carbocycles. The van der Waals surface area contributed by atoms with Gasteiger partial charge in [0.25, 0.3) is 0 Å². The van der Waals surface area contributed by atoms with Crippen LogP contribution in [0.1, 0.15) is 0 Å². The predicted molar refractivity (Wildman–Crippen MR) is 110 cm³/mol. The number of ether oxygens (including phenoxy) is 2. The number of anilines is 3. The molecule has 1 heterocycles. The average Bonchev–Trinajstić information content (AvgIpc) is 3.00. The quantitative estimate of drug-likeness (QED) is 0.561. The number of urea groups is 1. The van der Waals surface area contributed by atoms with Gasteiger partial charge in [0.05, 0.1) is 30.7 Å². The summed E-state index contributed by atoms with van der Waals surface area (Å²) in [6.45, 7) is 0. The number of benzene rings is 2. The molecule has 0 unspecified atom stereocenters. The lowest BCUT2D eigenvalue weighted by atomic mass is 10.2. The highest BCUT2D eigenvalue weighted by Crippen LogP contribution is 2.29. The van der Waals surface area contributed by atoms with E-state index in [4.69, 9.17) is 9.47 Å². The standard InChI is InChI=1S/C17H18N4O5S2/c1-25-12-6-11(7-13(9-12)26-2)19-16(22)18-10-4-5-15-14(8-10)20-17(27-15)21-28(3,23)24/h4-9H,1-3H3,(H,20,21)(H2,18,19,22). The Kier molecular flexibility index (Phi) is 5.56. The van der Waals surface area contributed by atoms with E-state index >= 15 is 0 Å². The summed E-state index contributed by atoms with van der Waals surface area (Å²) in [5, 5.41) is 5.68. The van der Waals surface area contributed by atoms with E-state index in [9.17, 15) is 13.2 Å². The van der Waals surface area contributed by atoms with Crippen molar-refractivity contribution in [1.82, 2.24) is 4.98 Å². The SMILES string of the molecule is COc1cc(NC(=O)Nc2ccc3sc(NS(C)(=O)=O)nc3c2)cc(OC)c1. The highest BCUT2D eigenvalue weighted by atomic mass is 32.2. The summed E-state index contributed by atoms with van der Waals surface area (Å²) in [6.07, 6.45) is 1.06. The van der Waals surface area contributed by atoms with Gasteiger partial charge in [0, 0.05) is 29.6 Å². The Morgan fingerprint density at radius 2 is 1.64 bits per heavy atom. The summed E-state index contributed by atoms with van der Waals surface area (Å²) < 4.78 is 36.1. The highest BCUT2D eigenvalue weighted by Gasteiger charge is 2.11. The second-order valence-corrected chi connectivity index (χ2v) is 8.54. The number of thiazole rings is 1. The number of fused-ring (bicyclic) bond motifs is 1. The largest absolute Gasteiger partial charge is 0.497 e. The van der Waals surface area contributed by atoms with Crippen LogP contribution in [0.4, 0.5) is 21.3 Å². The summed E-state index contributed by atoms with van der Waals surface area (Å²) in [4.78, 5) is 16.5. The Balaban J connectivity index is 1.74. The summed E-state index contributed by atoms with van der Waals surface area (Å²) >= 11 is 1.21. The third-order valence-corrected chi connectivity index (χ3v) is 5.17. The lowest BCUT2D eigenvalue weighted by Gasteiger charge is -2.11. The van der Waals surface area contributed by atoms with Gasteiger partial charge in [-0.1, -0.05) is 11.3 Å². The van der Waals surface area contributed by atoms with E-state index < -0.39 is 16.1 Å². The number of hydrogen-bond acceptors (Lipinski definition) is 7. The lowest BCUT2D eigenvalue weighted by molar-refractivity contribution is 0.262. The molecule has 0 radical (unpaired) electrons. The monoisotopic (exact) mass is 422 g/mol. The van der Waals surface area contributed by atoms with Crippen LogP contribution >= 0.6 is 11.3 Å². The third kappa shape index (κ3) is 5.02. The maximum atomic E-state index is 12.3. The minimum Gasteiger partial charge on any atom is -0.497 e. The van der Waals surface area contributed by atoms with Crippen molar-refractivity contribution in [2.24, 2.45) is 0 Å². The number of carbonyl (C=O) groups excluding carboxylic acids is 1. The van der Waals surface area contributed by atoms with Crippen LogP contribution in [0.5, 0.6) is 11.5 Å². The molecule has 3 rings (SSSR count). The molecule has 9 nitrogen and oxygen atoms in total. The smallest absolute Gasteiger partial charge is 0.323 e. The fourth-order valence-electron chi connectivity index (χ4n) is 2.38. The third-order valence-electron chi connectivity index (χ3n) is 3.53. The summed E-state index contributed by atoms with van der Waals surface area (Å²) in [5.74, 6) is 1.09. The van der Waals surface area contributed by atoms with E-state index in [0.29, 0.717) is 28.4 Å². The van der Waals surface area contributed by atoms with Gasteiger partial charge in [0.15, 0.2) is 5.13 Å². The number of rotatable bonds is 6. The number of nitrogens with one attached hydrogen (secondary N) is 3. The Labute approximate surface area is 165 Å². The van der Waals surface area contributed by atoms with Gasteiger partial charge < -0.3 is 20.1 Å². The van der Waals surface area contributed by atoms with Crippen molar-refractivity contribution >= 4 is 54.1 Å². The van der Waals surface area contributed by atoms with Crippen molar-refractivity contribution in [2.75, 3.05) is 35.8 Å². The highest BCUT2D eigenvalue weighted by molar-refractivity contribution is 7.92. The number of carbonyl (C=O) groups is 1. The van der Waals surface area contributed by atoms with Crippen LogP contribution in [-0.4, -0.2) is 39.9 Å². The molecule has 28 heavy (non-hydrogen) atoms. The van der Waals surface area contributed by atoms with Crippen molar-refractivity contribution < 1.29 is 22.7 Å².